The molecule has 0 aliphatic heterocycles. The van der Waals surface area contributed by atoms with Crippen LogP contribution in [-0.4, -0.2) is 28.3 Å². The van der Waals surface area contributed by atoms with E-state index in [1.54, 1.807) is 18.5 Å². The Labute approximate surface area is 177 Å². The maximum absolute atomic E-state index is 14.6. The van der Waals surface area contributed by atoms with Crippen molar-refractivity contribution in [2.45, 2.75) is 24.9 Å². The van der Waals surface area contributed by atoms with Gasteiger partial charge in [0.25, 0.3) is 0 Å². The number of nitrogens with zero attached hydrogens (tertiary/aromatic N) is 5. The molecule has 160 valence electrons. The Morgan fingerprint density at radius 3 is 2.48 bits per heavy atom. The van der Waals surface area contributed by atoms with Crippen molar-refractivity contribution in [1.29, 1.82) is 4.78 Å². The van der Waals surface area contributed by atoms with E-state index in [1.807, 2.05) is 18.4 Å². The van der Waals surface area contributed by atoms with Gasteiger partial charge in [0.05, 0.1) is 23.9 Å². The van der Waals surface area contributed by atoms with Gasteiger partial charge in [-0.15, -0.1) is 0 Å². The molecule has 3 N–H and O–H groups in total. The highest BCUT2D eigenvalue weighted by atomic mass is 32.2. The van der Waals surface area contributed by atoms with Crippen molar-refractivity contribution in [1.82, 2.24) is 24.1 Å². The third-order valence-electron chi connectivity index (χ3n) is 4.68. The van der Waals surface area contributed by atoms with Crippen LogP contribution in [0.3, 0.4) is 0 Å². The predicted molar refractivity (Wildman–Crippen MR) is 112 cm³/mol. The summed E-state index contributed by atoms with van der Waals surface area (Å²) >= 11 is 0. The Balaban J connectivity index is 2.06. The van der Waals surface area contributed by atoms with Crippen molar-refractivity contribution in [3.05, 3.63) is 66.9 Å². The molecule has 11 heteroatoms. The van der Waals surface area contributed by atoms with E-state index in [0.717, 1.165) is 6.20 Å². The first-order valence-electron chi connectivity index (χ1n) is 9.25. The van der Waals surface area contributed by atoms with Crippen LogP contribution in [0, 0.1) is 16.4 Å². The van der Waals surface area contributed by atoms with E-state index in [2.05, 4.69) is 15.0 Å². The van der Waals surface area contributed by atoms with Crippen molar-refractivity contribution in [2.75, 3.05) is 0 Å². The molecule has 0 saturated carbocycles. The van der Waals surface area contributed by atoms with E-state index in [9.17, 15) is 13.0 Å². The number of hydrogen-bond donors (Lipinski definition) is 2. The molecule has 8 nitrogen and oxygen atoms in total. The normalized spacial score (nSPS) is 13.5. The van der Waals surface area contributed by atoms with Gasteiger partial charge in [0.15, 0.2) is 26.6 Å². The van der Waals surface area contributed by atoms with E-state index in [1.165, 1.54) is 35.2 Å². The van der Waals surface area contributed by atoms with Gasteiger partial charge in [-0.25, -0.2) is 32.9 Å². The lowest BCUT2D eigenvalue weighted by Crippen LogP contribution is -2.10. The van der Waals surface area contributed by atoms with E-state index in [4.69, 9.17) is 9.92 Å². The zero-order valence-electron chi connectivity index (χ0n) is 16.7. The smallest absolute Gasteiger partial charge is 0.169 e. The molecule has 0 aliphatic carbocycles. The summed E-state index contributed by atoms with van der Waals surface area (Å²) in [7, 11) is -3.68. The van der Waals surface area contributed by atoms with Crippen LogP contribution < -0.4 is 5.14 Å². The van der Waals surface area contributed by atoms with Gasteiger partial charge in [0, 0.05) is 24.0 Å². The number of hydrogen-bond acceptors (Lipinski definition) is 5. The van der Waals surface area contributed by atoms with Gasteiger partial charge in [0.1, 0.15) is 11.5 Å². The number of nitrogens with two attached hydrogens (primary N) is 1. The van der Waals surface area contributed by atoms with Crippen LogP contribution >= 0.6 is 0 Å². The number of rotatable bonds is 5. The van der Waals surface area contributed by atoms with Crippen molar-refractivity contribution < 1.29 is 13.0 Å². The minimum absolute atomic E-state index is 0.0641. The quantitative estimate of drug-likeness (QED) is 0.486. The van der Waals surface area contributed by atoms with Crippen LogP contribution in [0.25, 0.3) is 28.5 Å². The number of imidazole rings is 2. The summed E-state index contributed by atoms with van der Waals surface area (Å²) in [4.78, 5) is 12.6. The highest BCUT2D eigenvalue weighted by molar-refractivity contribution is 7.90. The summed E-state index contributed by atoms with van der Waals surface area (Å²) in [5, 5.41) is 5.31. The lowest BCUT2D eigenvalue weighted by molar-refractivity contribution is 0.599. The summed E-state index contributed by atoms with van der Waals surface area (Å²) in [5.74, 6) is -0.843. The monoisotopic (exact) mass is 443 g/mol. The van der Waals surface area contributed by atoms with Gasteiger partial charge in [0.2, 0.25) is 0 Å². The molecule has 3 heterocycles. The van der Waals surface area contributed by atoms with Gasteiger partial charge >= 0.3 is 0 Å². The molecule has 31 heavy (non-hydrogen) atoms. The third-order valence-corrected chi connectivity index (χ3v) is 5.50. The fraction of sp³-hybridized carbons (Fsp3) is 0.150. The fourth-order valence-corrected chi connectivity index (χ4v) is 3.70. The SMILES string of the molecule is CC(C)n1cnc(-c2ccc(F)cc2)c1-c1nc(S(=N)(N)=O)cn1-c1ccncc1F. The van der Waals surface area contributed by atoms with Crippen molar-refractivity contribution >= 4 is 9.92 Å². The predicted octanol–water partition coefficient (Wildman–Crippen LogP) is 3.94. The van der Waals surface area contributed by atoms with E-state index < -0.39 is 21.5 Å². The first-order valence-corrected chi connectivity index (χ1v) is 10.9. The van der Waals surface area contributed by atoms with Gasteiger partial charge in [-0.05, 0) is 44.2 Å². The second-order valence-electron chi connectivity index (χ2n) is 7.15. The Bertz CT molecular complexity index is 1360. The number of pyridine rings is 1. The minimum Gasteiger partial charge on any atom is -0.325 e. The molecule has 4 rings (SSSR count). The van der Waals surface area contributed by atoms with Crippen molar-refractivity contribution in [3.8, 4) is 28.5 Å². The summed E-state index contributed by atoms with van der Waals surface area (Å²) in [6, 6.07) is 7.13. The molecule has 0 radical (unpaired) electrons. The Hall–Kier alpha value is -3.44. The summed E-state index contributed by atoms with van der Waals surface area (Å²) in [6.07, 6.45) is 5.32. The maximum atomic E-state index is 14.6. The summed E-state index contributed by atoms with van der Waals surface area (Å²) in [6.45, 7) is 3.86. The average molecular weight is 443 g/mol. The zero-order chi connectivity index (χ0) is 22.3. The Morgan fingerprint density at radius 2 is 1.87 bits per heavy atom. The number of aromatic nitrogens is 5. The molecular formula is C20H19F2N7OS. The van der Waals surface area contributed by atoms with E-state index >= 15 is 0 Å². The maximum Gasteiger partial charge on any atom is 0.169 e. The number of benzene rings is 1. The van der Waals surface area contributed by atoms with Crippen molar-refractivity contribution in [2.24, 2.45) is 5.14 Å². The minimum atomic E-state index is -3.68. The van der Waals surface area contributed by atoms with Gasteiger partial charge in [-0.3, -0.25) is 9.55 Å². The molecule has 1 unspecified atom stereocenters. The highest BCUT2D eigenvalue weighted by Crippen LogP contribution is 2.35. The second kappa shape index (κ2) is 7.67. The molecule has 0 aliphatic rings. The summed E-state index contributed by atoms with van der Waals surface area (Å²) in [5.41, 5.74) is 1.65. The van der Waals surface area contributed by atoms with Crippen LogP contribution in [0.2, 0.25) is 0 Å². The molecule has 1 atom stereocenters. The molecule has 3 aromatic heterocycles. The molecule has 0 spiro atoms. The van der Waals surface area contributed by atoms with Crippen molar-refractivity contribution in [3.63, 3.8) is 0 Å². The number of halogens is 2. The summed E-state index contributed by atoms with van der Waals surface area (Å²) < 4.78 is 51.3. The van der Waals surface area contributed by atoms with E-state index in [0.29, 0.717) is 17.0 Å². The fourth-order valence-electron chi connectivity index (χ4n) is 3.21. The largest absolute Gasteiger partial charge is 0.325 e. The number of nitrogens with one attached hydrogen (secondary N) is 1. The molecule has 4 aromatic rings. The second-order valence-corrected chi connectivity index (χ2v) is 8.77. The zero-order valence-corrected chi connectivity index (χ0v) is 17.5. The molecular weight excluding hydrogens is 424 g/mol. The van der Waals surface area contributed by atoms with Crippen LogP contribution in [0.1, 0.15) is 19.9 Å². The first-order chi connectivity index (χ1) is 14.7. The molecule has 0 bridgehead atoms. The van der Waals surface area contributed by atoms with Crippen LogP contribution in [0.4, 0.5) is 8.78 Å². The van der Waals surface area contributed by atoms with E-state index in [-0.39, 0.29) is 22.6 Å². The topological polar surface area (TPSA) is 115 Å². The van der Waals surface area contributed by atoms with Gasteiger partial charge in [-0.2, -0.15) is 0 Å². The molecule has 0 amide bonds. The Kier molecular flexibility index (Phi) is 5.15. The molecule has 0 saturated heterocycles. The molecule has 1 aromatic carbocycles. The van der Waals surface area contributed by atoms with Crippen LogP contribution in [-0.2, 0) is 9.92 Å². The standard InChI is InChI=1S/C20H19F2N7OS/c1-12(2)29-11-26-18(13-3-5-14(21)6-4-13)19(29)20-27-17(31(23,24)30)10-28(20)16-7-8-25-9-15(16)22/h3-12H,1-2H3,(H3,23,24,30). The Morgan fingerprint density at radius 1 is 1.16 bits per heavy atom. The molecule has 0 fully saturated rings. The highest BCUT2D eigenvalue weighted by Gasteiger charge is 2.25. The van der Waals surface area contributed by atoms with Gasteiger partial charge < -0.3 is 4.57 Å². The van der Waals surface area contributed by atoms with Crippen LogP contribution in [0.5, 0.6) is 0 Å². The van der Waals surface area contributed by atoms with Gasteiger partial charge in [-0.1, -0.05) is 0 Å². The lowest BCUT2D eigenvalue weighted by atomic mass is 10.1. The first kappa shape index (κ1) is 20.8. The third kappa shape index (κ3) is 3.84. The average Bonchev–Trinajstić information content (AvgIpc) is 3.33. The lowest BCUT2D eigenvalue weighted by Gasteiger charge is -2.15. The van der Waals surface area contributed by atoms with Crippen LogP contribution in [0.15, 0.2) is 60.3 Å².